The van der Waals surface area contributed by atoms with Crippen LogP contribution in [0.3, 0.4) is 0 Å². The van der Waals surface area contributed by atoms with E-state index in [2.05, 4.69) is 13.0 Å². The monoisotopic (exact) mass is 315 g/mol. The number of hydrogen-bond donors (Lipinski definition) is 2. The molecule has 0 fully saturated rings. The third-order valence-corrected chi connectivity index (χ3v) is 3.65. The first-order valence-corrected chi connectivity index (χ1v) is 7.82. The number of nitrogens with zero attached hydrogens (tertiary/aromatic N) is 1. The van der Waals surface area contributed by atoms with Crippen molar-refractivity contribution in [3.05, 3.63) is 35.4 Å². The van der Waals surface area contributed by atoms with Crippen LogP contribution in [-0.2, 0) is 4.74 Å². The third kappa shape index (κ3) is 4.12. The number of benzene rings is 1. The first-order valence-electron chi connectivity index (χ1n) is 7.82. The fourth-order valence-corrected chi connectivity index (χ4v) is 2.54. The Kier molecular flexibility index (Phi) is 4.78. The van der Waals surface area contributed by atoms with Gasteiger partial charge >= 0.3 is 6.09 Å². The molecule has 0 aliphatic carbocycles. The molecule has 1 aliphatic heterocycles. The largest absolute Gasteiger partial charge is 0.443 e. The lowest BCUT2D eigenvalue weighted by molar-refractivity contribution is 0.0327. The van der Waals surface area contributed by atoms with Crippen molar-refractivity contribution < 1.29 is 9.53 Å². The molecule has 5 nitrogen and oxygen atoms in total. The van der Waals surface area contributed by atoms with Crippen LogP contribution in [0, 0.1) is 11.3 Å². The Balaban J connectivity index is 2.35. The third-order valence-electron chi connectivity index (χ3n) is 3.65. The van der Waals surface area contributed by atoms with Gasteiger partial charge in [0.05, 0.1) is 5.70 Å². The second kappa shape index (κ2) is 6.44. The quantitative estimate of drug-likeness (QED) is 0.642. The zero-order valence-electron chi connectivity index (χ0n) is 14.2. The van der Waals surface area contributed by atoms with Crippen molar-refractivity contribution in [1.29, 1.82) is 5.41 Å². The zero-order chi connectivity index (χ0) is 17.2. The van der Waals surface area contributed by atoms with E-state index in [1.165, 1.54) is 6.21 Å². The molecule has 3 N–H and O–H groups in total. The first-order chi connectivity index (χ1) is 10.7. The van der Waals surface area contributed by atoms with Crippen LogP contribution in [0.5, 0.6) is 0 Å². The van der Waals surface area contributed by atoms with Crippen molar-refractivity contribution >= 4 is 23.7 Å². The number of carbonyl (C=O) groups is 1. The summed E-state index contributed by atoms with van der Waals surface area (Å²) in [7, 11) is 0. The van der Waals surface area contributed by atoms with Crippen LogP contribution in [0.25, 0.3) is 5.70 Å². The Bertz CT molecular complexity index is 644. The molecule has 0 saturated carbocycles. The fraction of sp³-hybridized carbons (Fsp3) is 0.444. The van der Waals surface area contributed by atoms with Crippen LogP contribution in [0.2, 0.25) is 0 Å². The van der Waals surface area contributed by atoms with Gasteiger partial charge in [-0.15, -0.1) is 0 Å². The van der Waals surface area contributed by atoms with Gasteiger partial charge in [-0.2, -0.15) is 0 Å². The van der Waals surface area contributed by atoms with Crippen molar-refractivity contribution in [2.24, 2.45) is 5.92 Å². The van der Waals surface area contributed by atoms with E-state index >= 15 is 0 Å². The van der Waals surface area contributed by atoms with Crippen molar-refractivity contribution in [3.63, 3.8) is 0 Å². The summed E-state index contributed by atoms with van der Waals surface area (Å²) in [5.41, 5.74) is 8.32. The van der Waals surface area contributed by atoms with Crippen molar-refractivity contribution in [2.75, 3.05) is 12.3 Å². The molecule has 0 aromatic heterocycles. The van der Waals surface area contributed by atoms with Crippen LogP contribution in [-0.4, -0.2) is 29.4 Å². The highest BCUT2D eigenvalue weighted by Crippen LogP contribution is 2.30. The van der Waals surface area contributed by atoms with E-state index in [1.807, 2.05) is 26.8 Å². The van der Waals surface area contributed by atoms with Crippen LogP contribution in [0.15, 0.2) is 24.3 Å². The lowest BCUT2D eigenvalue weighted by Gasteiger charge is -2.34. The molecule has 1 heterocycles. The minimum absolute atomic E-state index is 0.343. The van der Waals surface area contributed by atoms with Gasteiger partial charge < -0.3 is 15.9 Å². The number of nitrogens with one attached hydrogen (secondary N) is 1. The number of amides is 1. The number of allylic oxidation sites excluding steroid dienone is 1. The predicted molar refractivity (Wildman–Crippen MR) is 93.4 cm³/mol. The molecule has 1 atom stereocenters. The highest BCUT2D eigenvalue weighted by Gasteiger charge is 2.29. The summed E-state index contributed by atoms with van der Waals surface area (Å²) in [5.74, 6) is 0.379. The lowest BCUT2D eigenvalue weighted by Crippen LogP contribution is -2.39. The average Bonchev–Trinajstić information content (AvgIpc) is 2.45. The van der Waals surface area contributed by atoms with Crippen LogP contribution in [0.4, 0.5) is 10.5 Å². The van der Waals surface area contributed by atoms with Crippen LogP contribution in [0.1, 0.15) is 45.2 Å². The molecule has 0 spiro atoms. The molecule has 1 aliphatic rings. The number of carbonyl (C=O) groups excluding carboxylic acids is 1. The molecule has 5 heteroatoms. The van der Waals surface area contributed by atoms with E-state index in [9.17, 15) is 4.79 Å². The molecule has 2 rings (SSSR count). The molecule has 23 heavy (non-hydrogen) atoms. The summed E-state index contributed by atoms with van der Waals surface area (Å²) in [6.07, 6.45) is 3.84. The zero-order valence-corrected chi connectivity index (χ0v) is 14.2. The molecule has 1 aromatic carbocycles. The molecule has 1 aromatic rings. The van der Waals surface area contributed by atoms with Gasteiger partial charge in [0, 0.05) is 29.6 Å². The summed E-state index contributed by atoms with van der Waals surface area (Å²) in [5, 5.41) is 7.33. The fourth-order valence-electron chi connectivity index (χ4n) is 2.54. The van der Waals surface area contributed by atoms with Gasteiger partial charge in [0.2, 0.25) is 0 Å². The average molecular weight is 315 g/mol. The summed E-state index contributed by atoms with van der Waals surface area (Å²) < 4.78 is 5.53. The molecule has 0 bridgehead atoms. The van der Waals surface area contributed by atoms with Gasteiger partial charge in [-0.3, -0.25) is 4.90 Å². The Morgan fingerprint density at radius 2 is 2.13 bits per heavy atom. The van der Waals surface area contributed by atoms with E-state index in [-0.39, 0.29) is 6.09 Å². The highest BCUT2D eigenvalue weighted by atomic mass is 16.6. The number of rotatable bonds is 2. The van der Waals surface area contributed by atoms with Crippen LogP contribution < -0.4 is 5.73 Å². The number of hydrogen-bond acceptors (Lipinski definition) is 4. The molecule has 1 amide bonds. The number of ether oxygens (including phenoxy) is 1. The Morgan fingerprint density at radius 1 is 1.43 bits per heavy atom. The van der Waals surface area contributed by atoms with Gasteiger partial charge in [0.1, 0.15) is 5.60 Å². The second-order valence-electron chi connectivity index (χ2n) is 7.01. The molecule has 124 valence electrons. The van der Waals surface area contributed by atoms with Crippen molar-refractivity contribution in [3.8, 4) is 0 Å². The lowest BCUT2D eigenvalue weighted by atomic mass is 9.97. The van der Waals surface area contributed by atoms with Gasteiger partial charge in [0.15, 0.2) is 0 Å². The van der Waals surface area contributed by atoms with Crippen molar-refractivity contribution in [2.45, 2.75) is 39.7 Å². The van der Waals surface area contributed by atoms with Gasteiger partial charge in [-0.05, 0) is 39.2 Å². The Hall–Kier alpha value is -2.30. The normalized spacial score (nSPS) is 18.3. The standard InChI is InChI=1S/C18H25N3O2/c1-12-5-8-16(13-6-7-14(10-19)15(20)9-13)21(11-12)17(22)23-18(2,3)4/h6-10,12,19H,5,11,20H2,1-4H3. The maximum absolute atomic E-state index is 12.5. The van der Waals surface area contributed by atoms with E-state index in [1.54, 1.807) is 17.0 Å². The minimum Gasteiger partial charge on any atom is -0.443 e. The molecule has 0 saturated heterocycles. The molecular formula is C18H25N3O2. The van der Waals surface area contributed by atoms with E-state index < -0.39 is 5.60 Å². The highest BCUT2D eigenvalue weighted by molar-refractivity contribution is 5.88. The molecule has 0 radical (unpaired) electrons. The summed E-state index contributed by atoms with van der Waals surface area (Å²) >= 11 is 0. The second-order valence-corrected chi connectivity index (χ2v) is 7.01. The smallest absolute Gasteiger partial charge is 0.414 e. The van der Waals surface area contributed by atoms with E-state index in [0.29, 0.717) is 23.7 Å². The van der Waals surface area contributed by atoms with E-state index in [0.717, 1.165) is 17.7 Å². The van der Waals surface area contributed by atoms with Gasteiger partial charge in [-0.25, -0.2) is 4.79 Å². The SMILES string of the molecule is CC1CC=C(c2ccc(C=N)c(N)c2)N(C(=O)OC(C)(C)C)C1. The predicted octanol–water partition coefficient (Wildman–Crippen LogP) is 3.88. The van der Waals surface area contributed by atoms with Crippen molar-refractivity contribution in [1.82, 2.24) is 4.90 Å². The van der Waals surface area contributed by atoms with Gasteiger partial charge in [-0.1, -0.05) is 25.1 Å². The topological polar surface area (TPSA) is 79.4 Å². The maximum Gasteiger partial charge on any atom is 0.414 e. The van der Waals surface area contributed by atoms with E-state index in [4.69, 9.17) is 15.9 Å². The Morgan fingerprint density at radius 3 is 2.70 bits per heavy atom. The number of anilines is 1. The minimum atomic E-state index is -0.536. The van der Waals surface area contributed by atoms with Crippen LogP contribution >= 0.6 is 0 Å². The molecular weight excluding hydrogens is 290 g/mol. The van der Waals surface area contributed by atoms with Gasteiger partial charge in [0.25, 0.3) is 0 Å². The maximum atomic E-state index is 12.5. The Labute approximate surface area is 137 Å². The number of nitrogen functional groups attached to an aromatic ring is 1. The first kappa shape index (κ1) is 17.1. The summed E-state index contributed by atoms with van der Waals surface area (Å²) in [6, 6.07) is 5.49. The molecule has 1 unspecified atom stereocenters. The summed E-state index contributed by atoms with van der Waals surface area (Å²) in [4.78, 5) is 14.2. The number of nitrogens with two attached hydrogens (primary N) is 1. The summed E-state index contributed by atoms with van der Waals surface area (Å²) in [6.45, 7) is 8.31.